The molecule has 0 aromatic heterocycles. The maximum Gasteiger partial charge on any atom is 0.308 e. The summed E-state index contributed by atoms with van der Waals surface area (Å²) in [7, 11) is 0. The third kappa shape index (κ3) is 5.06. The molecule has 5 atom stereocenters. The fraction of sp³-hybridized carbons (Fsp3) is 0.438. The molecule has 11 nitrogen and oxygen atoms in total. The number of nitrogens with zero attached hydrogens (tertiary/aromatic N) is 1. The second kappa shape index (κ2) is 11.3. The van der Waals surface area contributed by atoms with Crippen LogP contribution in [0.5, 0.6) is 17.2 Å². The van der Waals surface area contributed by atoms with Crippen LogP contribution in [0.4, 0.5) is 0 Å². The van der Waals surface area contributed by atoms with Gasteiger partial charge in [0.15, 0.2) is 11.6 Å². The Labute approximate surface area is 247 Å². The number of esters is 1. The summed E-state index contributed by atoms with van der Waals surface area (Å²) in [5, 5.41) is 43.4. The van der Waals surface area contributed by atoms with Gasteiger partial charge in [0.1, 0.15) is 35.6 Å². The monoisotopic (exact) mass is 591 g/mol. The molecule has 226 valence electrons. The third-order valence-electron chi connectivity index (χ3n) is 8.66. The molecule has 5 unspecified atom stereocenters. The Balaban J connectivity index is 1.58. The normalized spacial score (nSPS) is 26.7. The van der Waals surface area contributed by atoms with Crippen LogP contribution in [0.15, 0.2) is 34.8 Å². The molecule has 0 bridgehead atoms. The summed E-state index contributed by atoms with van der Waals surface area (Å²) in [5.41, 5.74) is 1.28. The number of aliphatic imine (C=N–C) groups is 1. The number of fused-ring (bicyclic) bond motifs is 2. The van der Waals surface area contributed by atoms with Crippen molar-refractivity contribution in [3.05, 3.63) is 63.2 Å². The van der Waals surface area contributed by atoms with E-state index in [1.165, 1.54) is 32.0 Å². The Bertz CT molecular complexity index is 1570. The number of rotatable bonds is 6. The van der Waals surface area contributed by atoms with Crippen LogP contribution in [-0.2, 0) is 16.0 Å². The van der Waals surface area contributed by atoms with Crippen LogP contribution in [0.1, 0.15) is 88.4 Å². The first-order chi connectivity index (χ1) is 20.6. The van der Waals surface area contributed by atoms with E-state index in [0.29, 0.717) is 30.5 Å². The predicted molar refractivity (Wildman–Crippen MR) is 152 cm³/mol. The topological polar surface area (TPSA) is 172 Å². The fourth-order valence-corrected chi connectivity index (χ4v) is 6.51. The molecule has 43 heavy (non-hydrogen) atoms. The summed E-state index contributed by atoms with van der Waals surface area (Å²) in [6.45, 7) is 3.19. The van der Waals surface area contributed by atoms with Gasteiger partial charge in [-0.3, -0.25) is 19.4 Å². The largest absolute Gasteiger partial charge is 0.507 e. The molecule has 1 saturated heterocycles. The first-order valence-corrected chi connectivity index (χ1v) is 14.5. The van der Waals surface area contributed by atoms with E-state index in [1.54, 1.807) is 6.21 Å². The van der Waals surface area contributed by atoms with Gasteiger partial charge in [-0.1, -0.05) is 18.9 Å². The predicted octanol–water partition coefficient (Wildman–Crippen LogP) is 2.51. The minimum atomic E-state index is -1.65. The zero-order chi connectivity index (χ0) is 30.6. The summed E-state index contributed by atoms with van der Waals surface area (Å²) >= 11 is 0. The number of hydrogen-bond donors (Lipinski definition) is 4. The Morgan fingerprint density at radius 1 is 1.02 bits per heavy atom. The molecule has 2 aromatic rings. The number of benzene rings is 2. The Hall–Kier alpha value is -3.90. The Kier molecular flexibility index (Phi) is 7.67. The van der Waals surface area contributed by atoms with Crippen LogP contribution < -0.4 is 9.47 Å². The molecule has 4 aliphatic rings. The number of allylic oxidation sites excluding steroid dienone is 1. The van der Waals surface area contributed by atoms with Crippen molar-refractivity contribution in [1.29, 1.82) is 0 Å². The van der Waals surface area contributed by atoms with Crippen LogP contribution in [-0.4, -0.2) is 81.4 Å². The van der Waals surface area contributed by atoms with Crippen molar-refractivity contribution in [2.24, 2.45) is 4.99 Å². The maximum absolute atomic E-state index is 14.3. The molecule has 0 amide bonds. The quantitative estimate of drug-likeness (QED) is 0.247. The standard InChI is InChI=1S/C32H33NO10/c1-14-25(35)29(39)30(40)32(41-14)43-31-21(11-16-9-10-33-13-16)23-24(28(38)22(31)17-5-3-4-6-17)26(36)19-8-7-18(42-15(2)34)12-20(19)27(23)37/h7-9,12-14,17,25,29-30,32,35,38-40H,3-6,10-11H2,1-2H3. The molecule has 2 aromatic carbocycles. The van der Waals surface area contributed by atoms with E-state index in [4.69, 9.17) is 14.2 Å². The molecular formula is C32H33NO10. The van der Waals surface area contributed by atoms with Crippen LogP contribution in [0.25, 0.3) is 0 Å². The first kappa shape index (κ1) is 29.2. The lowest BCUT2D eigenvalue weighted by atomic mass is 9.76. The number of aliphatic hydroxyl groups excluding tert-OH is 3. The first-order valence-electron chi connectivity index (χ1n) is 14.5. The number of carbonyl (C=O) groups excluding carboxylic acids is 3. The maximum atomic E-state index is 14.3. The number of phenolic OH excluding ortho intramolecular Hbond substituents is 1. The van der Waals surface area contributed by atoms with Gasteiger partial charge in [0.05, 0.1) is 18.2 Å². The summed E-state index contributed by atoms with van der Waals surface area (Å²) in [6.07, 6.45) is -0.123. The summed E-state index contributed by atoms with van der Waals surface area (Å²) < 4.78 is 17.3. The molecule has 2 aliphatic carbocycles. The zero-order valence-electron chi connectivity index (χ0n) is 23.8. The van der Waals surface area contributed by atoms with Crippen LogP contribution in [0, 0.1) is 0 Å². The van der Waals surface area contributed by atoms with Gasteiger partial charge in [0.2, 0.25) is 6.29 Å². The molecule has 2 fully saturated rings. The summed E-state index contributed by atoms with van der Waals surface area (Å²) in [6, 6.07) is 4.16. The highest BCUT2D eigenvalue weighted by molar-refractivity contribution is 6.30. The Morgan fingerprint density at radius 2 is 1.74 bits per heavy atom. The van der Waals surface area contributed by atoms with Gasteiger partial charge >= 0.3 is 5.97 Å². The second-order valence-corrected chi connectivity index (χ2v) is 11.5. The number of aromatic hydroxyl groups is 1. The smallest absolute Gasteiger partial charge is 0.308 e. The second-order valence-electron chi connectivity index (χ2n) is 11.5. The number of aliphatic hydroxyl groups is 3. The van der Waals surface area contributed by atoms with Gasteiger partial charge in [-0.05, 0) is 49.5 Å². The zero-order valence-corrected chi connectivity index (χ0v) is 23.8. The number of carbonyl (C=O) groups is 3. The number of ether oxygens (including phenoxy) is 3. The van der Waals surface area contributed by atoms with Gasteiger partial charge in [0, 0.05) is 47.4 Å². The summed E-state index contributed by atoms with van der Waals surface area (Å²) in [5.74, 6) is -2.13. The van der Waals surface area contributed by atoms with E-state index in [1.807, 2.05) is 6.08 Å². The SMILES string of the molecule is CC(=O)Oc1ccc2c(c1)C(=O)c1c(CC3=CCN=C3)c(OC3OC(C)C(O)C(O)C3O)c(C3CCCC3)c(O)c1C2=O. The number of phenols is 1. The highest BCUT2D eigenvalue weighted by Gasteiger charge is 2.46. The van der Waals surface area contributed by atoms with E-state index < -0.39 is 48.2 Å². The molecule has 0 radical (unpaired) electrons. The molecule has 11 heteroatoms. The highest BCUT2D eigenvalue weighted by Crippen LogP contribution is 2.51. The van der Waals surface area contributed by atoms with Crippen molar-refractivity contribution in [3.63, 3.8) is 0 Å². The molecule has 6 rings (SSSR count). The lowest BCUT2D eigenvalue weighted by Gasteiger charge is -2.40. The van der Waals surface area contributed by atoms with Gasteiger partial charge < -0.3 is 34.6 Å². The number of hydrogen-bond acceptors (Lipinski definition) is 11. The lowest BCUT2D eigenvalue weighted by molar-refractivity contribution is -0.268. The van der Waals surface area contributed by atoms with Crippen molar-refractivity contribution in [1.82, 2.24) is 0 Å². The van der Waals surface area contributed by atoms with E-state index in [-0.39, 0.29) is 51.8 Å². The van der Waals surface area contributed by atoms with E-state index >= 15 is 0 Å². The molecule has 2 heterocycles. The minimum Gasteiger partial charge on any atom is -0.507 e. The van der Waals surface area contributed by atoms with Gasteiger partial charge in [-0.25, -0.2) is 0 Å². The van der Waals surface area contributed by atoms with E-state index in [0.717, 1.165) is 18.4 Å². The molecular weight excluding hydrogens is 558 g/mol. The average Bonchev–Trinajstić information content (AvgIpc) is 3.69. The van der Waals surface area contributed by atoms with Crippen molar-refractivity contribution >= 4 is 23.8 Å². The number of ketones is 2. The van der Waals surface area contributed by atoms with Crippen LogP contribution >= 0.6 is 0 Å². The van der Waals surface area contributed by atoms with Crippen molar-refractivity contribution in [2.75, 3.05) is 6.54 Å². The Morgan fingerprint density at radius 3 is 2.42 bits per heavy atom. The third-order valence-corrected chi connectivity index (χ3v) is 8.66. The highest BCUT2D eigenvalue weighted by atomic mass is 16.7. The van der Waals surface area contributed by atoms with E-state index in [2.05, 4.69) is 4.99 Å². The van der Waals surface area contributed by atoms with Crippen LogP contribution in [0.2, 0.25) is 0 Å². The van der Waals surface area contributed by atoms with Gasteiger partial charge in [-0.15, -0.1) is 0 Å². The van der Waals surface area contributed by atoms with Crippen molar-refractivity contribution in [2.45, 2.75) is 82.6 Å². The average molecular weight is 592 g/mol. The molecule has 1 saturated carbocycles. The minimum absolute atomic E-state index is 0.00616. The lowest BCUT2D eigenvalue weighted by Crippen LogP contribution is -2.58. The van der Waals surface area contributed by atoms with Crippen LogP contribution in [0.3, 0.4) is 0 Å². The van der Waals surface area contributed by atoms with Gasteiger partial charge in [0.25, 0.3) is 0 Å². The molecule has 4 N–H and O–H groups in total. The molecule has 2 aliphatic heterocycles. The molecule has 0 spiro atoms. The van der Waals surface area contributed by atoms with Gasteiger partial charge in [-0.2, -0.15) is 0 Å². The van der Waals surface area contributed by atoms with E-state index in [9.17, 15) is 34.8 Å². The summed E-state index contributed by atoms with van der Waals surface area (Å²) in [4.78, 5) is 44.1. The fourth-order valence-electron chi connectivity index (χ4n) is 6.51. The van der Waals surface area contributed by atoms with Crippen molar-refractivity contribution < 1.29 is 49.0 Å². The van der Waals surface area contributed by atoms with Crippen molar-refractivity contribution in [3.8, 4) is 17.2 Å².